The van der Waals surface area contributed by atoms with Crippen LogP contribution in [0.1, 0.15) is 98.9 Å². The van der Waals surface area contributed by atoms with E-state index in [1.165, 1.54) is 0 Å². The SMILES string of the molecule is CCC[C@H](c1cccc(C(=O)NC2c3ccccc3CC2(C)O)c1)N1C(=N)NC(CC)(CC)CC1=O. The average Bonchev–Trinajstić information content (AvgIpc) is 3.12. The monoisotopic (exact) mass is 490 g/mol. The van der Waals surface area contributed by atoms with Crippen molar-refractivity contribution in [3.8, 4) is 0 Å². The first-order chi connectivity index (χ1) is 17.1. The molecule has 7 heteroatoms. The molecule has 1 heterocycles. The van der Waals surface area contributed by atoms with Gasteiger partial charge in [-0.15, -0.1) is 0 Å². The molecule has 4 N–H and O–H groups in total. The molecule has 2 aliphatic rings. The normalized spacial score (nSPS) is 23.7. The Kier molecular flexibility index (Phi) is 7.23. The van der Waals surface area contributed by atoms with Gasteiger partial charge >= 0.3 is 0 Å². The van der Waals surface area contributed by atoms with Crippen molar-refractivity contribution >= 4 is 17.8 Å². The zero-order valence-electron chi connectivity index (χ0n) is 21.7. The van der Waals surface area contributed by atoms with Crippen molar-refractivity contribution in [2.75, 3.05) is 0 Å². The fourth-order valence-electron chi connectivity index (χ4n) is 5.71. The average molecular weight is 491 g/mol. The van der Waals surface area contributed by atoms with E-state index in [9.17, 15) is 14.7 Å². The topological polar surface area (TPSA) is 106 Å². The van der Waals surface area contributed by atoms with E-state index in [4.69, 9.17) is 5.41 Å². The molecule has 0 saturated carbocycles. The molecule has 3 atom stereocenters. The second-order valence-corrected chi connectivity index (χ2v) is 10.5. The molecular formula is C29H38N4O3. The van der Waals surface area contributed by atoms with E-state index >= 15 is 0 Å². The van der Waals surface area contributed by atoms with Crippen LogP contribution in [0.4, 0.5) is 0 Å². The maximum absolute atomic E-state index is 13.3. The summed E-state index contributed by atoms with van der Waals surface area (Å²) in [5.74, 6) is -0.209. The molecule has 1 aliphatic heterocycles. The number of hydrogen-bond donors (Lipinski definition) is 4. The van der Waals surface area contributed by atoms with Crippen molar-refractivity contribution in [1.29, 1.82) is 5.41 Å². The number of nitrogens with one attached hydrogen (secondary N) is 3. The molecular weight excluding hydrogens is 452 g/mol. The summed E-state index contributed by atoms with van der Waals surface area (Å²) >= 11 is 0. The Morgan fingerprint density at radius 2 is 1.89 bits per heavy atom. The van der Waals surface area contributed by atoms with Gasteiger partial charge in [0.25, 0.3) is 5.91 Å². The quantitative estimate of drug-likeness (QED) is 0.433. The van der Waals surface area contributed by atoms with Gasteiger partial charge in [-0.25, -0.2) is 0 Å². The predicted molar refractivity (Wildman–Crippen MR) is 141 cm³/mol. The van der Waals surface area contributed by atoms with Gasteiger partial charge in [-0.05, 0) is 55.0 Å². The minimum atomic E-state index is -1.08. The molecule has 1 fully saturated rings. The second kappa shape index (κ2) is 10.1. The Labute approximate surface area is 213 Å². The summed E-state index contributed by atoms with van der Waals surface area (Å²) in [7, 11) is 0. The third-order valence-electron chi connectivity index (χ3n) is 7.96. The number of hydrogen-bond acceptors (Lipinski definition) is 4. The molecule has 36 heavy (non-hydrogen) atoms. The predicted octanol–water partition coefficient (Wildman–Crippen LogP) is 4.62. The second-order valence-electron chi connectivity index (χ2n) is 10.5. The highest BCUT2D eigenvalue weighted by molar-refractivity contribution is 6.00. The Hall–Kier alpha value is -3.19. The van der Waals surface area contributed by atoms with Crippen molar-refractivity contribution in [3.63, 3.8) is 0 Å². The summed E-state index contributed by atoms with van der Waals surface area (Å²) in [5.41, 5.74) is 1.81. The van der Waals surface area contributed by atoms with Crippen LogP contribution in [0.3, 0.4) is 0 Å². The summed E-state index contributed by atoms with van der Waals surface area (Å²) in [6.07, 6.45) is 3.87. The molecule has 2 aromatic rings. The molecule has 0 aromatic heterocycles. The van der Waals surface area contributed by atoms with Crippen LogP contribution in [-0.4, -0.2) is 38.9 Å². The lowest BCUT2D eigenvalue weighted by Crippen LogP contribution is -2.62. The standard InChI is InChI=1S/C29H38N4O3/c1-5-11-23(33-24(34)18-29(6-2,7-3)32-27(33)30)19-13-10-14-20(16-19)26(35)31-25-22-15-9-8-12-21(22)17-28(25,4)36/h8-10,12-16,23,25,36H,5-7,11,17-18H2,1-4H3,(H2,30,32)(H,31,35)/t23-,25?,28?/m1/s1. The number of nitrogens with zero attached hydrogens (tertiary/aromatic N) is 1. The van der Waals surface area contributed by atoms with E-state index in [1.54, 1.807) is 17.9 Å². The number of carbonyl (C=O) groups excluding carboxylic acids is 2. The first-order valence-corrected chi connectivity index (χ1v) is 13.0. The molecule has 0 bridgehead atoms. The van der Waals surface area contributed by atoms with Gasteiger partial charge in [0.1, 0.15) is 0 Å². The number of fused-ring (bicyclic) bond motifs is 1. The van der Waals surface area contributed by atoms with E-state index in [0.717, 1.165) is 36.0 Å². The number of rotatable bonds is 8. The van der Waals surface area contributed by atoms with Gasteiger partial charge in [-0.1, -0.05) is 63.6 Å². The summed E-state index contributed by atoms with van der Waals surface area (Å²) in [6.45, 7) is 7.88. The van der Waals surface area contributed by atoms with Crippen molar-refractivity contribution in [2.24, 2.45) is 0 Å². The molecule has 0 spiro atoms. The highest BCUT2D eigenvalue weighted by Gasteiger charge is 2.43. The lowest BCUT2D eigenvalue weighted by Gasteiger charge is -2.45. The van der Waals surface area contributed by atoms with Crippen molar-refractivity contribution in [3.05, 3.63) is 70.8 Å². The minimum Gasteiger partial charge on any atom is -0.387 e. The van der Waals surface area contributed by atoms with Gasteiger partial charge in [0.05, 0.1) is 24.1 Å². The molecule has 192 valence electrons. The van der Waals surface area contributed by atoms with E-state index in [1.807, 2.05) is 56.3 Å². The zero-order valence-corrected chi connectivity index (χ0v) is 21.7. The number of amides is 2. The van der Waals surface area contributed by atoms with Crippen LogP contribution >= 0.6 is 0 Å². The van der Waals surface area contributed by atoms with E-state index in [-0.39, 0.29) is 29.4 Å². The van der Waals surface area contributed by atoms with Crippen LogP contribution in [0.15, 0.2) is 48.5 Å². The summed E-state index contributed by atoms with van der Waals surface area (Å²) in [4.78, 5) is 28.2. The molecule has 2 amide bonds. The van der Waals surface area contributed by atoms with Gasteiger partial charge < -0.3 is 15.7 Å². The van der Waals surface area contributed by atoms with Crippen LogP contribution in [0, 0.1) is 5.41 Å². The van der Waals surface area contributed by atoms with Crippen molar-refractivity contribution in [2.45, 2.75) is 89.4 Å². The number of aliphatic hydroxyl groups is 1. The maximum atomic E-state index is 13.3. The molecule has 2 aromatic carbocycles. The van der Waals surface area contributed by atoms with Gasteiger partial charge in [-0.3, -0.25) is 19.9 Å². The Morgan fingerprint density at radius 3 is 2.56 bits per heavy atom. The van der Waals surface area contributed by atoms with Gasteiger partial charge in [0, 0.05) is 17.5 Å². The molecule has 1 saturated heterocycles. The maximum Gasteiger partial charge on any atom is 0.251 e. The third-order valence-corrected chi connectivity index (χ3v) is 7.96. The number of benzene rings is 2. The Morgan fingerprint density at radius 1 is 1.17 bits per heavy atom. The Bertz CT molecular complexity index is 1130. The lowest BCUT2D eigenvalue weighted by atomic mass is 9.85. The van der Waals surface area contributed by atoms with E-state index < -0.39 is 11.6 Å². The van der Waals surface area contributed by atoms with Crippen LogP contribution < -0.4 is 10.6 Å². The fourth-order valence-corrected chi connectivity index (χ4v) is 5.71. The molecule has 1 aliphatic carbocycles. The van der Waals surface area contributed by atoms with Crippen molar-refractivity contribution < 1.29 is 14.7 Å². The van der Waals surface area contributed by atoms with Crippen molar-refractivity contribution in [1.82, 2.24) is 15.5 Å². The third kappa shape index (κ3) is 4.76. The molecule has 2 unspecified atom stereocenters. The van der Waals surface area contributed by atoms with E-state index in [2.05, 4.69) is 17.6 Å². The van der Waals surface area contributed by atoms with Gasteiger partial charge in [-0.2, -0.15) is 0 Å². The summed E-state index contributed by atoms with van der Waals surface area (Å²) in [5, 5.41) is 26.0. The summed E-state index contributed by atoms with van der Waals surface area (Å²) in [6, 6.07) is 14.2. The molecule has 7 nitrogen and oxygen atoms in total. The number of guanidine groups is 1. The summed E-state index contributed by atoms with van der Waals surface area (Å²) < 4.78 is 0. The highest BCUT2D eigenvalue weighted by atomic mass is 16.3. The molecule has 0 radical (unpaired) electrons. The largest absolute Gasteiger partial charge is 0.387 e. The smallest absolute Gasteiger partial charge is 0.251 e. The Balaban J connectivity index is 1.59. The molecule has 4 rings (SSSR count). The van der Waals surface area contributed by atoms with Crippen LogP contribution in [0.25, 0.3) is 0 Å². The lowest BCUT2D eigenvalue weighted by molar-refractivity contribution is -0.132. The van der Waals surface area contributed by atoms with Gasteiger partial charge in [0.2, 0.25) is 5.91 Å². The highest BCUT2D eigenvalue weighted by Crippen LogP contribution is 2.39. The fraction of sp³-hybridized carbons (Fsp3) is 0.483. The van der Waals surface area contributed by atoms with Gasteiger partial charge in [0.15, 0.2) is 5.96 Å². The first-order valence-electron chi connectivity index (χ1n) is 13.0. The first kappa shape index (κ1) is 25.9. The zero-order chi connectivity index (χ0) is 26.1. The minimum absolute atomic E-state index is 0.0608. The van der Waals surface area contributed by atoms with Crippen LogP contribution in [-0.2, 0) is 11.2 Å². The van der Waals surface area contributed by atoms with Crippen LogP contribution in [0.5, 0.6) is 0 Å². The van der Waals surface area contributed by atoms with Crippen LogP contribution in [0.2, 0.25) is 0 Å². The van der Waals surface area contributed by atoms with E-state index in [0.29, 0.717) is 24.8 Å². The number of carbonyl (C=O) groups is 2.